The Kier molecular flexibility index (Phi) is 6.42. The molecule has 0 aromatic carbocycles. The Morgan fingerprint density at radius 1 is 1.67 bits per heavy atom. The predicted octanol–water partition coefficient (Wildman–Crippen LogP) is 3.09. The highest BCUT2D eigenvalue weighted by Gasteiger charge is 2.11. The smallest absolute Gasteiger partial charge is 0.434 e. The molecule has 0 amide bonds. The highest BCUT2D eigenvalue weighted by molar-refractivity contribution is 7.98. The van der Waals surface area contributed by atoms with Crippen molar-refractivity contribution in [1.29, 1.82) is 0 Å². The van der Waals surface area contributed by atoms with Crippen LogP contribution in [0.2, 0.25) is 0 Å². The number of thioether (sulfide) groups is 1. The Morgan fingerprint density at radius 2 is 2.44 bits per heavy atom. The van der Waals surface area contributed by atoms with Gasteiger partial charge in [0, 0.05) is 11.8 Å². The minimum absolute atomic E-state index is 0.270. The molecule has 0 bridgehead atoms. The third-order valence-corrected chi connectivity index (χ3v) is 2.90. The molecule has 7 heteroatoms. The van der Waals surface area contributed by atoms with Gasteiger partial charge in [-0.2, -0.15) is 30.3 Å². The second-order valence-electron chi connectivity index (χ2n) is 3.18. The number of hydrogen-bond acceptors (Lipinski definition) is 4. The van der Waals surface area contributed by atoms with Gasteiger partial charge < -0.3 is 4.74 Å². The first kappa shape index (κ1) is 14.7. The first-order chi connectivity index (χ1) is 8.65. The van der Waals surface area contributed by atoms with E-state index >= 15 is 0 Å². The van der Waals surface area contributed by atoms with Gasteiger partial charge in [-0.05, 0) is 25.2 Å². The van der Waals surface area contributed by atoms with E-state index < -0.39 is 12.2 Å². The molecule has 0 fully saturated rings. The van der Waals surface area contributed by atoms with Crippen molar-refractivity contribution in [2.45, 2.75) is 19.1 Å². The quantitative estimate of drug-likeness (QED) is 0.748. The number of ether oxygens (including phenoxy) is 1. The van der Waals surface area contributed by atoms with E-state index in [1.54, 1.807) is 6.92 Å². The summed E-state index contributed by atoms with van der Waals surface area (Å²) in [6.45, 7) is 1.98. The SMILES string of the molecule is CCOC(=O)n1nc[c]c1CSCCC=C(F)F. The van der Waals surface area contributed by atoms with Crippen molar-refractivity contribution >= 4 is 17.9 Å². The van der Waals surface area contributed by atoms with Gasteiger partial charge in [0.1, 0.15) is 0 Å². The molecule has 0 atom stereocenters. The van der Waals surface area contributed by atoms with Gasteiger partial charge in [0.15, 0.2) is 0 Å². The Bertz CT molecular complexity index is 417. The zero-order chi connectivity index (χ0) is 13.4. The van der Waals surface area contributed by atoms with Crippen LogP contribution in [0.4, 0.5) is 13.6 Å². The molecule has 1 radical (unpaired) electrons. The van der Waals surface area contributed by atoms with Crippen LogP contribution in [-0.4, -0.2) is 28.2 Å². The molecule has 18 heavy (non-hydrogen) atoms. The molecule has 0 spiro atoms. The summed E-state index contributed by atoms with van der Waals surface area (Å²) < 4.78 is 29.5. The molecule has 0 N–H and O–H groups in total. The molecule has 0 saturated carbocycles. The Hall–Kier alpha value is -1.37. The molecule has 0 aliphatic heterocycles. The van der Waals surface area contributed by atoms with Crippen LogP contribution >= 0.6 is 11.8 Å². The van der Waals surface area contributed by atoms with Crippen molar-refractivity contribution in [3.8, 4) is 0 Å². The summed E-state index contributed by atoms with van der Waals surface area (Å²) in [4.78, 5) is 11.4. The van der Waals surface area contributed by atoms with Gasteiger partial charge in [0.2, 0.25) is 0 Å². The molecule has 0 aliphatic rings. The van der Waals surface area contributed by atoms with Crippen molar-refractivity contribution in [1.82, 2.24) is 9.78 Å². The van der Waals surface area contributed by atoms with Crippen molar-refractivity contribution in [3.05, 3.63) is 30.1 Å². The summed E-state index contributed by atoms with van der Waals surface area (Å²) in [7, 11) is 0. The molecule has 0 unspecified atom stereocenters. The molecule has 1 aromatic heterocycles. The Morgan fingerprint density at radius 3 is 3.11 bits per heavy atom. The number of carbonyl (C=O) groups is 1. The zero-order valence-electron chi connectivity index (χ0n) is 9.86. The first-order valence-corrected chi connectivity index (χ1v) is 6.51. The van der Waals surface area contributed by atoms with E-state index in [9.17, 15) is 13.6 Å². The lowest BCUT2D eigenvalue weighted by molar-refractivity contribution is 0.149. The number of nitrogens with zero attached hydrogens (tertiary/aromatic N) is 2. The maximum Gasteiger partial charge on any atom is 0.434 e. The normalized spacial score (nSPS) is 10.2. The van der Waals surface area contributed by atoms with E-state index in [0.29, 0.717) is 23.6 Å². The molecular formula is C11H13F2N2O2S. The molecule has 1 rings (SSSR count). The summed E-state index contributed by atoms with van der Waals surface area (Å²) in [5.41, 5.74) is 0.572. The van der Waals surface area contributed by atoms with Gasteiger partial charge in [-0.15, -0.1) is 0 Å². The summed E-state index contributed by atoms with van der Waals surface area (Å²) >= 11 is 1.42. The number of carbonyl (C=O) groups excluding carboxylic acids is 1. The molecule has 1 aromatic rings. The zero-order valence-corrected chi connectivity index (χ0v) is 10.7. The average Bonchev–Trinajstić information content (AvgIpc) is 2.77. The molecule has 1 heterocycles. The summed E-state index contributed by atoms with van der Waals surface area (Å²) in [5, 5.41) is 3.80. The number of halogens is 2. The van der Waals surface area contributed by atoms with Crippen molar-refractivity contribution < 1.29 is 18.3 Å². The van der Waals surface area contributed by atoms with E-state index in [1.807, 2.05) is 0 Å². The minimum Gasteiger partial charge on any atom is -0.448 e. The third kappa shape index (κ3) is 4.87. The number of rotatable bonds is 6. The van der Waals surface area contributed by atoms with E-state index in [-0.39, 0.29) is 6.61 Å². The summed E-state index contributed by atoms with van der Waals surface area (Å²) in [6, 6.07) is 2.81. The first-order valence-electron chi connectivity index (χ1n) is 5.35. The predicted molar refractivity (Wildman–Crippen MR) is 64.6 cm³/mol. The van der Waals surface area contributed by atoms with Crippen LogP contribution < -0.4 is 0 Å². The van der Waals surface area contributed by atoms with Gasteiger partial charge in [-0.3, -0.25) is 0 Å². The highest BCUT2D eigenvalue weighted by Crippen LogP contribution is 2.13. The van der Waals surface area contributed by atoms with E-state index in [1.165, 1.54) is 18.0 Å². The van der Waals surface area contributed by atoms with Crippen LogP contribution in [0, 0.1) is 6.07 Å². The fraction of sp³-hybridized carbons (Fsp3) is 0.455. The van der Waals surface area contributed by atoms with Crippen LogP contribution in [0.25, 0.3) is 0 Å². The highest BCUT2D eigenvalue weighted by atomic mass is 32.2. The fourth-order valence-electron chi connectivity index (χ4n) is 1.16. The second-order valence-corrected chi connectivity index (χ2v) is 4.29. The number of aromatic nitrogens is 2. The van der Waals surface area contributed by atoms with Crippen LogP contribution in [0.3, 0.4) is 0 Å². The minimum atomic E-state index is -1.67. The Labute approximate surface area is 108 Å². The standard InChI is InChI=1S/C11H13F2N2O2S/c1-2-17-11(16)15-9(5-6-14-15)8-18-7-3-4-10(12)13/h4,6H,2-3,7-8H2,1H3. The molecule has 0 aliphatic carbocycles. The van der Waals surface area contributed by atoms with Crippen molar-refractivity contribution in [2.75, 3.05) is 12.4 Å². The van der Waals surface area contributed by atoms with Gasteiger partial charge in [-0.25, -0.2) is 4.79 Å². The number of allylic oxidation sites excluding steroid dienone is 1. The van der Waals surface area contributed by atoms with E-state index in [4.69, 9.17) is 4.74 Å². The summed E-state index contributed by atoms with van der Waals surface area (Å²) in [5.74, 6) is 1.01. The van der Waals surface area contributed by atoms with Crippen LogP contribution in [0.1, 0.15) is 19.0 Å². The fourth-order valence-corrected chi connectivity index (χ4v) is 1.98. The van der Waals surface area contributed by atoms with Gasteiger partial charge in [-0.1, -0.05) is 0 Å². The van der Waals surface area contributed by atoms with Gasteiger partial charge >= 0.3 is 6.09 Å². The molecular weight excluding hydrogens is 262 g/mol. The van der Waals surface area contributed by atoms with Crippen LogP contribution in [0.5, 0.6) is 0 Å². The lowest BCUT2D eigenvalue weighted by Crippen LogP contribution is -2.17. The molecule has 0 saturated heterocycles. The van der Waals surface area contributed by atoms with Gasteiger partial charge in [0.25, 0.3) is 6.08 Å². The largest absolute Gasteiger partial charge is 0.448 e. The second kappa shape index (κ2) is 7.86. The monoisotopic (exact) mass is 275 g/mol. The van der Waals surface area contributed by atoms with E-state index in [0.717, 1.165) is 10.8 Å². The average molecular weight is 275 g/mol. The molecule has 99 valence electrons. The lowest BCUT2D eigenvalue weighted by atomic mass is 10.5. The van der Waals surface area contributed by atoms with Crippen LogP contribution in [-0.2, 0) is 10.5 Å². The Balaban J connectivity index is 2.41. The third-order valence-electron chi connectivity index (χ3n) is 1.90. The number of hydrogen-bond donors (Lipinski definition) is 0. The van der Waals surface area contributed by atoms with Crippen LogP contribution in [0.15, 0.2) is 18.4 Å². The van der Waals surface area contributed by atoms with Gasteiger partial charge in [0.05, 0.1) is 18.5 Å². The topological polar surface area (TPSA) is 44.1 Å². The maximum atomic E-state index is 11.8. The lowest BCUT2D eigenvalue weighted by Gasteiger charge is -2.05. The van der Waals surface area contributed by atoms with E-state index in [2.05, 4.69) is 11.2 Å². The maximum absolute atomic E-state index is 11.8. The van der Waals surface area contributed by atoms with Crippen molar-refractivity contribution in [2.24, 2.45) is 0 Å². The molecule has 4 nitrogen and oxygen atoms in total. The summed E-state index contributed by atoms with van der Waals surface area (Å²) in [6.07, 6.45) is 0.330. The van der Waals surface area contributed by atoms with Crippen molar-refractivity contribution in [3.63, 3.8) is 0 Å².